The van der Waals surface area contributed by atoms with Gasteiger partial charge in [0.2, 0.25) is 5.91 Å². The molecule has 1 heterocycles. The monoisotopic (exact) mass is 228 g/mol. The molecule has 1 atom stereocenters. The van der Waals surface area contributed by atoms with Crippen LogP contribution in [-0.4, -0.2) is 43.7 Å². The van der Waals surface area contributed by atoms with Crippen molar-refractivity contribution < 1.29 is 9.53 Å². The van der Waals surface area contributed by atoms with Gasteiger partial charge in [0.15, 0.2) is 0 Å². The molecule has 16 heavy (non-hydrogen) atoms. The molecule has 4 nitrogen and oxygen atoms in total. The molecule has 1 amide bonds. The highest BCUT2D eigenvalue weighted by atomic mass is 16.5. The second-order valence-corrected chi connectivity index (χ2v) is 5.38. The van der Waals surface area contributed by atoms with Crippen LogP contribution in [0.3, 0.4) is 0 Å². The molecule has 4 heteroatoms. The van der Waals surface area contributed by atoms with Gasteiger partial charge in [-0.1, -0.05) is 13.8 Å². The molecule has 1 aliphatic heterocycles. The molecule has 1 aliphatic rings. The summed E-state index contributed by atoms with van der Waals surface area (Å²) in [6, 6.07) is -0.402. The van der Waals surface area contributed by atoms with Crippen LogP contribution in [0, 0.1) is 5.41 Å². The van der Waals surface area contributed by atoms with Crippen molar-refractivity contribution in [2.24, 2.45) is 11.1 Å². The Bertz CT molecular complexity index is 231. The van der Waals surface area contributed by atoms with Crippen LogP contribution < -0.4 is 5.73 Å². The van der Waals surface area contributed by atoms with E-state index in [0.29, 0.717) is 18.4 Å². The Morgan fingerprint density at radius 1 is 1.44 bits per heavy atom. The molecule has 0 aromatic rings. The fourth-order valence-electron chi connectivity index (χ4n) is 1.94. The molecule has 0 aromatic carbocycles. The minimum atomic E-state index is -0.402. The molecule has 0 aliphatic carbocycles. The average Bonchev–Trinajstić information content (AvgIpc) is 2.25. The van der Waals surface area contributed by atoms with Crippen LogP contribution in [-0.2, 0) is 9.53 Å². The largest absolute Gasteiger partial charge is 0.385 e. The standard InChI is InChI=1S/C12H24N2O2/c1-12(2)5-7-14(8-6-12)11(15)10(13)4-9-16-3/h10H,4-9,13H2,1-3H3. The van der Waals surface area contributed by atoms with Crippen LogP contribution in [0.2, 0.25) is 0 Å². The lowest BCUT2D eigenvalue weighted by molar-refractivity contribution is -0.135. The lowest BCUT2D eigenvalue weighted by Crippen LogP contribution is -2.48. The van der Waals surface area contributed by atoms with Crippen molar-refractivity contribution in [1.82, 2.24) is 4.90 Å². The van der Waals surface area contributed by atoms with E-state index in [1.807, 2.05) is 4.90 Å². The molecule has 0 radical (unpaired) electrons. The highest BCUT2D eigenvalue weighted by Crippen LogP contribution is 2.29. The highest BCUT2D eigenvalue weighted by molar-refractivity contribution is 5.81. The fraction of sp³-hybridized carbons (Fsp3) is 0.917. The first-order chi connectivity index (χ1) is 7.46. The predicted molar refractivity (Wildman–Crippen MR) is 64.1 cm³/mol. The van der Waals surface area contributed by atoms with E-state index in [4.69, 9.17) is 10.5 Å². The van der Waals surface area contributed by atoms with Gasteiger partial charge in [0, 0.05) is 26.8 Å². The zero-order valence-corrected chi connectivity index (χ0v) is 10.7. The summed E-state index contributed by atoms with van der Waals surface area (Å²) in [5.41, 5.74) is 6.20. The topological polar surface area (TPSA) is 55.6 Å². The molecule has 94 valence electrons. The van der Waals surface area contributed by atoms with E-state index < -0.39 is 6.04 Å². The van der Waals surface area contributed by atoms with Gasteiger partial charge in [-0.3, -0.25) is 4.79 Å². The molecule has 1 saturated heterocycles. The number of hydrogen-bond acceptors (Lipinski definition) is 3. The van der Waals surface area contributed by atoms with Gasteiger partial charge >= 0.3 is 0 Å². The molecular weight excluding hydrogens is 204 g/mol. The summed E-state index contributed by atoms with van der Waals surface area (Å²) < 4.78 is 4.93. The van der Waals surface area contributed by atoms with Crippen LogP contribution in [0.4, 0.5) is 0 Å². The molecule has 1 unspecified atom stereocenters. The van der Waals surface area contributed by atoms with Crippen LogP contribution >= 0.6 is 0 Å². The van der Waals surface area contributed by atoms with Crippen molar-refractivity contribution >= 4 is 5.91 Å². The number of hydrogen-bond donors (Lipinski definition) is 1. The molecule has 2 N–H and O–H groups in total. The van der Waals surface area contributed by atoms with E-state index in [9.17, 15) is 4.79 Å². The van der Waals surface area contributed by atoms with Gasteiger partial charge in [0.25, 0.3) is 0 Å². The SMILES string of the molecule is COCCC(N)C(=O)N1CCC(C)(C)CC1. The third-order valence-electron chi connectivity index (χ3n) is 3.38. The van der Waals surface area contributed by atoms with Crippen molar-refractivity contribution in [3.05, 3.63) is 0 Å². The number of piperidine rings is 1. The summed E-state index contributed by atoms with van der Waals surface area (Å²) in [4.78, 5) is 13.9. The molecule has 0 bridgehead atoms. The molecule has 0 aromatic heterocycles. The molecular formula is C12H24N2O2. The second kappa shape index (κ2) is 5.64. The summed E-state index contributed by atoms with van der Waals surface area (Å²) in [6.45, 7) is 6.73. The summed E-state index contributed by atoms with van der Waals surface area (Å²) in [7, 11) is 1.63. The maximum atomic E-state index is 12.0. The number of methoxy groups -OCH3 is 1. The second-order valence-electron chi connectivity index (χ2n) is 5.38. The minimum Gasteiger partial charge on any atom is -0.385 e. The molecule has 1 fully saturated rings. The van der Waals surface area contributed by atoms with Gasteiger partial charge < -0.3 is 15.4 Å². The van der Waals surface area contributed by atoms with Crippen LogP contribution in [0.15, 0.2) is 0 Å². The number of carbonyl (C=O) groups is 1. The maximum Gasteiger partial charge on any atom is 0.239 e. The molecule has 0 saturated carbocycles. The van der Waals surface area contributed by atoms with Gasteiger partial charge in [0.05, 0.1) is 6.04 Å². The number of carbonyl (C=O) groups excluding carboxylic acids is 1. The minimum absolute atomic E-state index is 0.0764. The average molecular weight is 228 g/mol. The van der Waals surface area contributed by atoms with Crippen molar-refractivity contribution in [1.29, 1.82) is 0 Å². The normalized spacial score (nSPS) is 21.9. The number of ether oxygens (including phenoxy) is 1. The van der Waals surface area contributed by atoms with E-state index in [-0.39, 0.29) is 5.91 Å². The molecule has 0 spiro atoms. The van der Waals surface area contributed by atoms with Crippen LogP contribution in [0.1, 0.15) is 33.1 Å². The lowest BCUT2D eigenvalue weighted by Gasteiger charge is -2.37. The van der Waals surface area contributed by atoms with E-state index in [2.05, 4.69) is 13.8 Å². The number of likely N-dealkylation sites (tertiary alicyclic amines) is 1. The predicted octanol–water partition coefficient (Wildman–Crippen LogP) is 0.999. The van der Waals surface area contributed by atoms with Gasteiger partial charge in [-0.05, 0) is 24.7 Å². The maximum absolute atomic E-state index is 12.0. The Kier molecular flexibility index (Phi) is 4.74. The Balaban J connectivity index is 2.38. The third-order valence-corrected chi connectivity index (χ3v) is 3.38. The zero-order valence-electron chi connectivity index (χ0n) is 10.7. The third kappa shape index (κ3) is 3.76. The lowest BCUT2D eigenvalue weighted by atomic mass is 9.82. The summed E-state index contributed by atoms with van der Waals surface area (Å²) >= 11 is 0. The van der Waals surface area contributed by atoms with E-state index in [1.165, 1.54) is 0 Å². The Hall–Kier alpha value is -0.610. The Morgan fingerprint density at radius 3 is 2.50 bits per heavy atom. The number of nitrogens with zero attached hydrogens (tertiary/aromatic N) is 1. The first-order valence-corrected chi connectivity index (χ1v) is 5.99. The zero-order chi connectivity index (χ0) is 12.2. The van der Waals surface area contributed by atoms with E-state index >= 15 is 0 Å². The van der Waals surface area contributed by atoms with Gasteiger partial charge in [-0.15, -0.1) is 0 Å². The first kappa shape index (κ1) is 13.5. The van der Waals surface area contributed by atoms with Crippen molar-refractivity contribution in [2.45, 2.75) is 39.2 Å². The van der Waals surface area contributed by atoms with Crippen LogP contribution in [0.25, 0.3) is 0 Å². The Morgan fingerprint density at radius 2 is 2.00 bits per heavy atom. The fourth-order valence-corrected chi connectivity index (χ4v) is 1.94. The van der Waals surface area contributed by atoms with Crippen molar-refractivity contribution in [3.63, 3.8) is 0 Å². The quantitative estimate of drug-likeness (QED) is 0.781. The van der Waals surface area contributed by atoms with E-state index in [0.717, 1.165) is 25.9 Å². The Labute approximate surface area is 98.1 Å². The molecule has 1 rings (SSSR count). The first-order valence-electron chi connectivity index (χ1n) is 5.99. The number of rotatable bonds is 4. The highest BCUT2D eigenvalue weighted by Gasteiger charge is 2.29. The van der Waals surface area contributed by atoms with Crippen LogP contribution in [0.5, 0.6) is 0 Å². The summed E-state index contributed by atoms with van der Waals surface area (Å²) in [5.74, 6) is 0.0764. The van der Waals surface area contributed by atoms with Crippen molar-refractivity contribution in [3.8, 4) is 0 Å². The van der Waals surface area contributed by atoms with Gasteiger partial charge in [0.1, 0.15) is 0 Å². The summed E-state index contributed by atoms with van der Waals surface area (Å²) in [6.07, 6.45) is 2.74. The smallest absolute Gasteiger partial charge is 0.239 e. The number of nitrogens with two attached hydrogens (primary N) is 1. The van der Waals surface area contributed by atoms with E-state index in [1.54, 1.807) is 7.11 Å². The number of amides is 1. The summed E-state index contributed by atoms with van der Waals surface area (Å²) in [5, 5.41) is 0. The van der Waals surface area contributed by atoms with Crippen molar-refractivity contribution in [2.75, 3.05) is 26.8 Å². The van der Waals surface area contributed by atoms with Gasteiger partial charge in [-0.2, -0.15) is 0 Å². The van der Waals surface area contributed by atoms with Gasteiger partial charge in [-0.25, -0.2) is 0 Å².